The van der Waals surface area contributed by atoms with Crippen molar-refractivity contribution in [2.24, 2.45) is 4.99 Å². The fourth-order valence-corrected chi connectivity index (χ4v) is 2.43. The lowest BCUT2D eigenvalue weighted by Gasteiger charge is -2.06. The van der Waals surface area contributed by atoms with E-state index in [0.29, 0.717) is 11.4 Å². The molecule has 0 atom stereocenters. The van der Waals surface area contributed by atoms with Gasteiger partial charge >= 0.3 is 0 Å². The van der Waals surface area contributed by atoms with Crippen LogP contribution in [0.25, 0.3) is 0 Å². The molecule has 0 spiro atoms. The molecule has 0 heterocycles. The maximum atomic E-state index is 10.8. The van der Waals surface area contributed by atoms with Gasteiger partial charge in [-0.2, -0.15) is 0 Å². The Balaban J connectivity index is 2.45. The lowest BCUT2D eigenvalue weighted by atomic mass is 10.1. The Morgan fingerprint density at radius 3 is 2.16 bits per heavy atom. The summed E-state index contributed by atoms with van der Waals surface area (Å²) < 4.78 is 5.18. The van der Waals surface area contributed by atoms with Crippen LogP contribution in [0, 0.1) is 21.6 Å². The fraction of sp³-hybridized carbons (Fsp3) is 0.211. The standard InChI is InChI=1S/C19H20N2O3Si/c1-24-18-11-5-15(6-12-18)19(13-14-25(2,3)4)20-16-7-9-17(10-8-16)21(22)23/h5-12H,1-4H3. The largest absolute Gasteiger partial charge is 0.497 e. The van der Waals surface area contributed by atoms with Crippen LogP contribution in [0.4, 0.5) is 11.4 Å². The van der Waals surface area contributed by atoms with E-state index in [0.717, 1.165) is 11.3 Å². The van der Waals surface area contributed by atoms with Gasteiger partial charge in [-0.3, -0.25) is 10.1 Å². The third kappa shape index (κ3) is 5.59. The summed E-state index contributed by atoms with van der Waals surface area (Å²) in [5.74, 6) is 3.95. The second-order valence-corrected chi connectivity index (χ2v) is 11.2. The number of rotatable bonds is 4. The molecule has 0 saturated carbocycles. The van der Waals surface area contributed by atoms with E-state index < -0.39 is 13.0 Å². The van der Waals surface area contributed by atoms with Gasteiger partial charge in [0.1, 0.15) is 19.5 Å². The molecule has 128 valence electrons. The molecule has 0 N–H and O–H groups in total. The first-order valence-electron chi connectivity index (χ1n) is 7.79. The highest BCUT2D eigenvalue weighted by Gasteiger charge is 2.10. The van der Waals surface area contributed by atoms with Crippen molar-refractivity contribution >= 4 is 25.2 Å². The number of methoxy groups -OCH3 is 1. The average molecular weight is 352 g/mol. The molecule has 0 aromatic heterocycles. The maximum absolute atomic E-state index is 10.8. The topological polar surface area (TPSA) is 64.7 Å². The van der Waals surface area contributed by atoms with Gasteiger partial charge in [0.15, 0.2) is 0 Å². The Hall–Kier alpha value is -2.91. The number of nitro groups is 1. The quantitative estimate of drug-likeness (QED) is 0.265. The van der Waals surface area contributed by atoms with E-state index >= 15 is 0 Å². The molecule has 0 aliphatic rings. The molecule has 0 aliphatic heterocycles. The highest BCUT2D eigenvalue weighted by Crippen LogP contribution is 2.20. The van der Waals surface area contributed by atoms with Gasteiger partial charge in [-0.15, -0.1) is 5.54 Å². The van der Waals surface area contributed by atoms with Crippen LogP contribution < -0.4 is 4.74 Å². The van der Waals surface area contributed by atoms with E-state index in [-0.39, 0.29) is 5.69 Å². The summed E-state index contributed by atoms with van der Waals surface area (Å²) in [6, 6.07) is 13.7. The van der Waals surface area contributed by atoms with Gasteiger partial charge in [0.05, 0.1) is 17.7 Å². The molecule has 0 saturated heterocycles. The van der Waals surface area contributed by atoms with Crippen molar-refractivity contribution in [3.05, 3.63) is 64.2 Å². The molecule has 5 nitrogen and oxygen atoms in total. The van der Waals surface area contributed by atoms with Crippen LogP contribution in [0.2, 0.25) is 19.6 Å². The third-order valence-corrected chi connectivity index (χ3v) is 4.10. The van der Waals surface area contributed by atoms with Crippen LogP contribution in [-0.4, -0.2) is 25.8 Å². The molecule has 6 heteroatoms. The van der Waals surface area contributed by atoms with Crippen LogP contribution in [0.1, 0.15) is 5.56 Å². The van der Waals surface area contributed by atoms with Gasteiger partial charge in [-0.05, 0) is 36.4 Å². The number of non-ortho nitro benzene ring substituents is 1. The fourth-order valence-electron chi connectivity index (χ4n) is 1.94. The Kier molecular flexibility index (Phi) is 5.73. The molecule has 25 heavy (non-hydrogen) atoms. The molecule has 0 amide bonds. The number of hydrogen-bond donors (Lipinski definition) is 0. The van der Waals surface area contributed by atoms with Gasteiger partial charge in [-0.1, -0.05) is 25.6 Å². The minimum Gasteiger partial charge on any atom is -0.497 e. The van der Waals surface area contributed by atoms with Gasteiger partial charge in [0, 0.05) is 17.7 Å². The van der Waals surface area contributed by atoms with Gasteiger partial charge in [-0.25, -0.2) is 4.99 Å². The van der Waals surface area contributed by atoms with Gasteiger partial charge in [0.2, 0.25) is 0 Å². The summed E-state index contributed by atoms with van der Waals surface area (Å²) in [7, 11) is 0.0493. The van der Waals surface area contributed by atoms with Crippen molar-refractivity contribution in [1.82, 2.24) is 0 Å². The van der Waals surface area contributed by atoms with Crippen molar-refractivity contribution in [3.8, 4) is 17.2 Å². The van der Waals surface area contributed by atoms with Gasteiger partial charge < -0.3 is 4.74 Å². The number of ether oxygens (including phenoxy) is 1. The normalized spacial score (nSPS) is 11.4. The number of nitro benzene ring substituents is 1. The lowest BCUT2D eigenvalue weighted by molar-refractivity contribution is -0.384. The summed E-state index contributed by atoms with van der Waals surface area (Å²) in [5.41, 5.74) is 5.50. The summed E-state index contributed by atoms with van der Waals surface area (Å²) in [6.07, 6.45) is 0. The third-order valence-electron chi connectivity index (χ3n) is 3.22. The maximum Gasteiger partial charge on any atom is 0.269 e. The van der Waals surface area contributed by atoms with Crippen molar-refractivity contribution in [1.29, 1.82) is 0 Å². The number of benzene rings is 2. The number of hydrogen-bond acceptors (Lipinski definition) is 4. The van der Waals surface area contributed by atoms with Crippen LogP contribution in [0.15, 0.2) is 53.5 Å². The Bertz CT molecular complexity index is 839. The van der Waals surface area contributed by atoms with E-state index in [9.17, 15) is 10.1 Å². The SMILES string of the molecule is COc1ccc(C(C#C[Si](C)(C)C)=Nc2ccc([N+](=O)[O-])cc2)cc1. The molecule has 2 aromatic carbocycles. The first-order valence-corrected chi connectivity index (χ1v) is 11.3. The van der Waals surface area contributed by atoms with E-state index in [4.69, 9.17) is 4.74 Å². The molecule has 0 aliphatic carbocycles. The zero-order chi connectivity index (χ0) is 18.4. The van der Waals surface area contributed by atoms with Crippen molar-refractivity contribution in [2.75, 3.05) is 7.11 Å². The summed E-state index contributed by atoms with van der Waals surface area (Å²) >= 11 is 0. The average Bonchev–Trinajstić information content (AvgIpc) is 2.58. The molecule has 0 unspecified atom stereocenters. The number of aliphatic imine (C=N–C) groups is 1. The Morgan fingerprint density at radius 1 is 1.08 bits per heavy atom. The Labute approximate surface area is 148 Å². The van der Waals surface area contributed by atoms with Crippen molar-refractivity contribution in [2.45, 2.75) is 19.6 Å². The van der Waals surface area contributed by atoms with E-state index in [1.165, 1.54) is 12.1 Å². The summed E-state index contributed by atoms with van der Waals surface area (Å²) in [4.78, 5) is 14.9. The van der Waals surface area contributed by atoms with E-state index in [1.807, 2.05) is 24.3 Å². The lowest BCUT2D eigenvalue weighted by Crippen LogP contribution is -2.17. The zero-order valence-corrected chi connectivity index (χ0v) is 15.7. The van der Waals surface area contributed by atoms with Gasteiger partial charge in [0.25, 0.3) is 5.69 Å². The smallest absolute Gasteiger partial charge is 0.269 e. The first kappa shape index (κ1) is 18.4. The summed E-state index contributed by atoms with van der Waals surface area (Å²) in [6.45, 7) is 6.49. The monoisotopic (exact) mass is 352 g/mol. The predicted molar refractivity (Wildman–Crippen MR) is 103 cm³/mol. The highest BCUT2D eigenvalue weighted by atomic mass is 28.3. The van der Waals surface area contributed by atoms with Crippen LogP contribution in [0.3, 0.4) is 0 Å². The summed E-state index contributed by atoms with van der Waals surface area (Å²) in [5, 5.41) is 10.8. The molecular formula is C19H20N2O3Si. The van der Waals surface area contributed by atoms with Crippen molar-refractivity contribution < 1.29 is 9.66 Å². The van der Waals surface area contributed by atoms with Crippen LogP contribution in [0.5, 0.6) is 5.75 Å². The number of nitrogens with zero attached hydrogens (tertiary/aromatic N) is 2. The first-order chi connectivity index (χ1) is 11.8. The second kappa shape index (κ2) is 7.77. The second-order valence-electron chi connectivity index (χ2n) is 6.46. The van der Waals surface area contributed by atoms with Crippen LogP contribution in [-0.2, 0) is 0 Å². The molecule has 2 aromatic rings. The minimum absolute atomic E-state index is 0.0399. The highest BCUT2D eigenvalue weighted by molar-refractivity contribution is 6.84. The Morgan fingerprint density at radius 2 is 1.68 bits per heavy atom. The van der Waals surface area contributed by atoms with Crippen LogP contribution >= 0.6 is 0 Å². The minimum atomic E-state index is -1.57. The molecular weight excluding hydrogens is 332 g/mol. The molecule has 0 radical (unpaired) electrons. The molecule has 0 bridgehead atoms. The molecule has 2 rings (SSSR count). The van der Waals surface area contributed by atoms with E-state index in [2.05, 4.69) is 36.1 Å². The van der Waals surface area contributed by atoms with E-state index in [1.54, 1.807) is 19.2 Å². The zero-order valence-electron chi connectivity index (χ0n) is 14.7. The van der Waals surface area contributed by atoms with Crippen molar-refractivity contribution in [3.63, 3.8) is 0 Å². The molecule has 0 fully saturated rings. The predicted octanol–water partition coefficient (Wildman–Crippen LogP) is 4.61.